The summed E-state index contributed by atoms with van der Waals surface area (Å²) < 4.78 is 6.87. The first kappa shape index (κ1) is 23.7. The van der Waals surface area contributed by atoms with Crippen LogP contribution in [0.3, 0.4) is 0 Å². The zero-order chi connectivity index (χ0) is 20.0. The molecular weight excluding hydrogens is 336 g/mol. The van der Waals surface area contributed by atoms with Gasteiger partial charge in [-0.2, -0.15) is 0 Å². The molecule has 0 fully saturated rings. The number of hydrogen-bond donors (Lipinski definition) is 1. The van der Waals surface area contributed by atoms with Crippen LogP contribution in [0, 0.1) is 11.8 Å². The first-order valence-electron chi connectivity index (χ1n) is 10.7. The molecule has 4 atom stereocenters. The van der Waals surface area contributed by atoms with Gasteiger partial charge in [-0.15, -0.1) is 6.58 Å². The summed E-state index contributed by atoms with van der Waals surface area (Å²) in [5.41, 5.74) is 1.42. The van der Waals surface area contributed by atoms with Gasteiger partial charge in [0.05, 0.1) is 6.10 Å². The predicted molar refractivity (Wildman–Crippen MR) is 117 cm³/mol. The zero-order valence-corrected chi connectivity index (χ0v) is 19.5. The molecule has 0 aromatic carbocycles. The Hall–Kier alpha value is -0.383. The second-order valence-corrected chi connectivity index (χ2v) is 14.5. The van der Waals surface area contributed by atoms with Crippen molar-refractivity contribution < 1.29 is 9.53 Å². The molecule has 1 aliphatic carbocycles. The van der Waals surface area contributed by atoms with Gasteiger partial charge in [-0.25, -0.2) is 0 Å². The Bertz CT molecular complexity index is 461. The second kappa shape index (κ2) is 10.2. The van der Waals surface area contributed by atoms with E-state index in [-0.39, 0.29) is 17.1 Å². The van der Waals surface area contributed by atoms with Gasteiger partial charge in [0.25, 0.3) is 0 Å². The monoisotopic (exact) mass is 380 g/mol. The summed E-state index contributed by atoms with van der Waals surface area (Å²) in [4.78, 5) is 0. The van der Waals surface area contributed by atoms with E-state index in [1.54, 1.807) is 0 Å². The van der Waals surface area contributed by atoms with E-state index in [4.69, 9.17) is 4.43 Å². The quantitative estimate of drug-likeness (QED) is 0.313. The van der Waals surface area contributed by atoms with E-state index in [2.05, 4.69) is 60.4 Å². The second-order valence-electron chi connectivity index (χ2n) is 9.79. The van der Waals surface area contributed by atoms with Gasteiger partial charge < -0.3 is 9.53 Å². The minimum Gasteiger partial charge on any atom is -0.414 e. The van der Waals surface area contributed by atoms with Gasteiger partial charge in [0.1, 0.15) is 0 Å². The highest BCUT2D eigenvalue weighted by Crippen LogP contribution is 2.40. The minimum atomic E-state index is -1.78. The van der Waals surface area contributed by atoms with Gasteiger partial charge in [-0.3, -0.25) is 0 Å². The Morgan fingerprint density at radius 3 is 2.54 bits per heavy atom. The highest BCUT2D eigenvalue weighted by molar-refractivity contribution is 6.74. The molecular formula is C23H44O2Si. The minimum absolute atomic E-state index is 0.222. The Kier molecular flexibility index (Phi) is 9.32. The molecule has 0 amide bonds. The Balaban J connectivity index is 2.80. The molecule has 2 nitrogen and oxygen atoms in total. The smallest absolute Gasteiger partial charge is 0.192 e. The highest BCUT2D eigenvalue weighted by Gasteiger charge is 2.40. The fourth-order valence-corrected chi connectivity index (χ4v) is 5.11. The van der Waals surface area contributed by atoms with Crippen molar-refractivity contribution in [1.29, 1.82) is 0 Å². The fraction of sp³-hybridized carbons (Fsp3) is 0.826. The van der Waals surface area contributed by atoms with Gasteiger partial charge in [0.15, 0.2) is 8.32 Å². The van der Waals surface area contributed by atoms with Crippen LogP contribution in [0.25, 0.3) is 0 Å². The molecule has 1 aliphatic rings. The van der Waals surface area contributed by atoms with E-state index < -0.39 is 8.32 Å². The summed E-state index contributed by atoms with van der Waals surface area (Å²) in [5, 5.41) is 10.5. The van der Waals surface area contributed by atoms with Gasteiger partial charge in [0, 0.05) is 12.0 Å². The van der Waals surface area contributed by atoms with Crippen LogP contribution in [-0.4, -0.2) is 25.6 Å². The Labute approximate surface area is 164 Å². The van der Waals surface area contributed by atoms with Crippen molar-refractivity contribution in [1.82, 2.24) is 0 Å². The van der Waals surface area contributed by atoms with Crippen LogP contribution in [0.4, 0.5) is 0 Å². The van der Waals surface area contributed by atoms with Crippen LogP contribution in [0.5, 0.6) is 0 Å². The molecule has 26 heavy (non-hydrogen) atoms. The first-order valence-corrected chi connectivity index (χ1v) is 13.6. The third kappa shape index (κ3) is 6.65. The predicted octanol–water partition coefficient (Wildman–Crippen LogP) is 6.87. The molecule has 152 valence electrons. The SMILES string of the molecule is C=CC[C@@H]1C(CCC(O[Si](C)(C)C(C)(C)C)C(C)CCCC)=CC[C@@H]1O. The number of aliphatic hydroxyl groups is 1. The topological polar surface area (TPSA) is 29.5 Å². The fourth-order valence-electron chi connectivity index (χ4n) is 3.65. The number of unbranched alkanes of at least 4 members (excludes halogenated alkanes) is 1. The van der Waals surface area contributed by atoms with E-state index in [1.165, 1.54) is 24.8 Å². The van der Waals surface area contributed by atoms with E-state index >= 15 is 0 Å². The summed E-state index contributed by atoms with van der Waals surface area (Å²) in [6.07, 6.45) is 11.9. The Morgan fingerprint density at radius 2 is 2.00 bits per heavy atom. The number of aliphatic hydroxyl groups excluding tert-OH is 1. The van der Waals surface area contributed by atoms with Crippen molar-refractivity contribution in [2.24, 2.45) is 11.8 Å². The third-order valence-corrected chi connectivity index (χ3v) is 11.1. The molecule has 2 unspecified atom stereocenters. The van der Waals surface area contributed by atoms with E-state index in [0.29, 0.717) is 12.0 Å². The van der Waals surface area contributed by atoms with Crippen molar-refractivity contribution >= 4 is 8.32 Å². The number of allylic oxidation sites excluding steroid dienone is 1. The molecule has 0 heterocycles. The molecule has 0 saturated carbocycles. The van der Waals surface area contributed by atoms with E-state index in [9.17, 15) is 5.11 Å². The third-order valence-electron chi connectivity index (χ3n) is 6.60. The van der Waals surface area contributed by atoms with Gasteiger partial charge >= 0.3 is 0 Å². The maximum absolute atomic E-state index is 10.2. The summed E-state index contributed by atoms with van der Waals surface area (Å²) >= 11 is 0. The highest BCUT2D eigenvalue weighted by atomic mass is 28.4. The summed E-state index contributed by atoms with van der Waals surface area (Å²) in [6.45, 7) is 20.2. The molecule has 0 spiro atoms. The van der Waals surface area contributed by atoms with Gasteiger partial charge in [-0.05, 0) is 56.2 Å². The van der Waals surface area contributed by atoms with Gasteiger partial charge in [0.2, 0.25) is 0 Å². The molecule has 0 aliphatic heterocycles. The molecule has 0 aromatic rings. The van der Waals surface area contributed by atoms with Crippen molar-refractivity contribution in [2.45, 2.75) is 110 Å². The van der Waals surface area contributed by atoms with Crippen molar-refractivity contribution in [3.63, 3.8) is 0 Å². The van der Waals surface area contributed by atoms with Gasteiger partial charge in [-0.1, -0.05) is 65.2 Å². The van der Waals surface area contributed by atoms with Crippen LogP contribution in [-0.2, 0) is 4.43 Å². The zero-order valence-electron chi connectivity index (χ0n) is 18.5. The molecule has 0 bridgehead atoms. The molecule has 0 radical (unpaired) electrons. The number of rotatable bonds is 11. The summed E-state index contributed by atoms with van der Waals surface area (Å²) in [6, 6.07) is 0. The lowest BCUT2D eigenvalue weighted by molar-refractivity contribution is 0.107. The Morgan fingerprint density at radius 1 is 1.35 bits per heavy atom. The first-order chi connectivity index (χ1) is 12.0. The lowest BCUT2D eigenvalue weighted by Gasteiger charge is -2.41. The number of hydrogen-bond acceptors (Lipinski definition) is 2. The standard InChI is InChI=1S/C23H44O2Si/c1-9-11-13-18(3)22(25-26(7,8)23(4,5)6)17-15-19-14-16-21(24)20(19)12-10-2/h10,14,18,20-22,24H,2,9,11-13,15-17H2,1,3-8H3/t18?,20-,21+,22?/m1/s1. The van der Waals surface area contributed by atoms with E-state index in [0.717, 1.165) is 25.7 Å². The van der Waals surface area contributed by atoms with Crippen LogP contribution in [0.15, 0.2) is 24.3 Å². The largest absolute Gasteiger partial charge is 0.414 e. The molecule has 3 heteroatoms. The summed E-state index contributed by atoms with van der Waals surface area (Å²) in [7, 11) is -1.78. The molecule has 1 N–H and O–H groups in total. The van der Waals surface area contributed by atoms with Crippen molar-refractivity contribution in [3.05, 3.63) is 24.3 Å². The lowest BCUT2D eigenvalue weighted by Crippen LogP contribution is -2.45. The van der Waals surface area contributed by atoms with Crippen LogP contribution >= 0.6 is 0 Å². The van der Waals surface area contributed by atoms with E-state index in [1.807, 2.05) is 6.08 Å². The normalized spacial score (nSPS) is 23.6. The maximum Gasteiger partial charge on any atom is 0.192 e. The van der Waals surface area contributed by atoms with Crippen molar-refractivity contribution in [2.75, 3.05) is 0 Å². The summed E-state index contributed by atoms with van der Waals surface area (Å²) in [5.74, 6) is 0.862. The van der Waals surface area contributed by atoms with Crippen molar-refractivity contribution in [3.8, 4) is 0 Å². The average molecular weight is 381 g/mol. The average Bonchev–Trinajstić information content (AvgIpc) is 2.89. The molecule has 1 rings (SSSR count). The van der Waals surface area contributed by atoms with Crippen LogP contribution in [0.1, 0.15) is 79.6 Å². The molecule has 0 aromatic heterocycles. The van der Waals surface area contributed by atoms with Crippen LogP contribution in [0.2, 0.25) is 18.1 Å². The van der Waals surface area contributed by atoms with Crippen LogP contribution < -0.4 is 0 Å². The maximum atomic E-state index is 10.2. The lowest BCUT2D eigenvalue weighted by atomic mass is 9.89. The molecule has 0 saturated heterocycles.